The first-order valence-electron chi connectivity index (χ1n) is 7.31. The molecule has 0 amide bonds. The number of aryl methyl sites for hydroxylation is 1. The van der Waals surface area contributed by atoms with Gasteiger partial charge in [0.15, 0.2) is 5.17 Å². The van der Waals surface area contributed by atoms with Crippen LogP contribution < -0.4 is 5.73 Å². The van der Waals surface area contributed by atoms with Crippen LogP contribution in [0.25, 0.3) is 0 Å². The topological polar surface area (TPSA) is 47.6 Å². The van der Waals surface area contributed by atoms with Crippen molar-refractivity contribution in [2.75, 3.05) is 13.2 Å². The van der Waals surface area contributed by atoms with Crippen molar-refractivity contribution in [3.05, 3.63) is 35.1 Å². The van der Waals surface area contributed by atoms with Gasteiger partial charge in [0, 0.05) is 23.5 Å². The van der Waals surface area contributed by atoms with E-state index in [-0.39, 0.29) is 10.6 Å². The molecule has 2 aliphatic heterocycles. The van der Waals surface area contributed by atoms with Gasteiger partial charge in [-0.1, -0.05) is 29.5 Å². The van der Waals surface area contributed by atoms with Gasteiger partial charge in [-0.15, -0.1) is 0 Å². The molecule has 2 N–H and O–H groups in total. The Morgan fingerprint density at radius 2 is 2.05 bits per heavy atom. The van der Waals surface area contributed by atoms with Crippen LogP contribution in [0.1, 0.15) is 37.3 Å². The lowest BCUT2D eigenvalue weighted by Crippen LogP contribution is -2.45. The Labute approximate surface area is 129 Å². The first-order valence-corrected chi connectivity index (χ1v) is 8.13. The van der Waals surface area contributed by atoms with Gasteiger partial charge in [0.05, 0.1) is 5.54 Å². The van der Waals surface area contributed by atoms with Crippen LogP contribution in [0.2, 0.25) is 0 Å². The summed E-state index contributed by atoms with van der Waals surface area (Å²) in [5, 5.41) is 0.562. The normalized spacial score (nSPS) is 28.4. The fourth-order valence-electron chi connectivity index (χ4n) is 3.42. The summed E-state index contributed by atoms with van der Waals surface area (Å²) in [6.45, 7) is 5.45. The maximum atomic E-state index is 14.3. The van der Waals surface area contributed by atoms with Gasteiger partial charge in [-0.25, -0.2) is 4.39 Å². The van der Waals surface area contributed by atoms with Gasteiger partial charge in [-0.05, 0) is 39.2 Å². The van der Waals surface area contributed by atoms with E-state index >= 15 is 0 Å². The summed E-state index contributed by atoms with van der Waals surface area (Å²) in [5.74, 6) is -0.200. The molecule has 0 radical (unpaired) electrons. The van der Waals surface area contributed by atoms with Crippen molar-refractivity contribution in [1.82, 2.24) is 0 Å². The summed E-state index contributed by atoms with van der Waals surface area (Å²) in [6.07, 6.45) is 2.68. The van der Waals surface area contributed by atoms with Crippen LogP contribution in [0.3, 0.4) is 0 Å². The van der Waals surface area contributed by atoms with Gasteiger partial charge in [0.1, 0.15) is 5.82 Å². The number of rotatable bonds is 1. The summed E-state index contributed by atoms with van der Waals surface area (Å²) < 4.78 is 19.8. The van der Waals surface area contributed by atoms with Crippen molar-refractivity contribution < 1.29 is 9.13 Å². The second-order valence-electron chi connectivity index (χ2n) is 6.28. The summed E-state index contributed by atoms with van der Waals surface area (Å²) in [5.41, 5.74) is 7.19. The second-order valence-corrected chi connectivity index (χ2v) is 7.77. The van der Waals surface area contributed by atoms with Crippen LogP contribution in [0.15, 0.2) is 23.2 Å². The zero-order chi connectivity index (χ0) is 15.1. The number of nitrogens with two attached hydrogens (primary N) is 1. The van der Waals surface area contributed by atoms with Crippen LogP contribution >= 0.6 is 11.8 Å². The Hall–Kier alpha value is -1.07. The molecule has 3 rings (SSSR count). The number of thioether (sulfide) groups is 1. The quantitative estimate of drug-likeness (QED) is 0.865. The van der Waals surface area contributed by atoms with Crippen molar-refractivity contribution in [1.29, 1.82) is 0 Å². The van der Waals surface area contributed by atoms with E-state index in [1.54, 1.807) is 17.8 Å². The first kappa shape index (κ1) is 14.9. The molecule has 1 spiro atoms. The molecule has 3 nitrogen and oxygen atoms in total. The summed E-state index contributed by atoms with van der Waals surface area (Å²) >= 11 is 1.64. The maximum Gasteiger partial charge on any atom is 0.155 e. The zero-order valence-corrected chi connectivity index (χ0v) is 13.3. The monoisotopic (exact) mass is 308 g/mol. The third-order valence-corrected chi connectivity index (χ3v) is 5.74. The second kappa shape index (κ2) is 5.29. The van der Waals surface area contributed by atoms with Crippen LogP contribution in [0, 0.1) is 12.7 Å². The third kappa shape index (κ3) is 2.81. The lowest BCUT2D eigenvalue weighted by molar-refractivity contribution is 0.0690. The van der Waals surface area contributed by atoms with E-state index in [1.807, 2.05) is 19.9 Å². The van der Waals surface area contributed by atoms with Crippen molar-refractivity contribution >= 4 is 16.9 Å². The molecule has 1 atom stereocenters. The molecule has 2 heterocycles. The van der Waals surface area contributed by atoms with Gasteiger partial charge >= 0.3 is 0 Å². The lowest BCUT2D eigenvalue weighted by atomic mass is 9.79. The molecule has 0 saturated carbocycles. The molecule has 1 unspecified atom stereocenters. The average molecular weight is 308 g/mol. The summed E-state index contributed by atoms with van der Waals surface area (Å²) in [7, 11) is 0. The number of halogens is 1. The third-order valence-electron chi connectivity index (χ3n) is 4.45. The predicted octanol–water partition coefficient (Wildman–Crippen LogP) is 3.35. The van der Waals surface area contributed by atoms with E-state index in [0.717, 1.165) is 38.0 Å². The first-order chi connectivity index (χ1) is 9.92. The van der Waals surface area contributed by atoms with Crippen LogP contribution in [0.5, 0.6) is 0 Å². The molecule has 5 heteroatoms. The predicted molar refractivity (Wildman–Crippen MR) is 85.1 cm³/mol. The highest BCUT2D eigenvalue weighted by atomic mass is 32.2. The minimum atomic E-state index is -0.594. The number of hydrogen-bond acceptors (Lipinski definition) is 4. The highest BCUT2D eigenvalue weighted by Crippen LogP contribution is 2.50. The summed E-state index contributed by atoms with van der Waals surface area (Å²) in [4.78, 5) is 4.61. The van der Waals surface area contributed by atoms with Gasteiger partial charge in [-0.2, -0.15) is 0 Å². The van der Waals surface area contributed by atoms with E-state index in [2.05, 4.69) is 4.99 Å². The van der Waals surface area contributed by atoms with Crippen LogP contribution in [-0.4, -0.2) is 23.1 Å². The van der Waals surface area contributed by atoms with Gasteiger partial charge in [0.2, 0.25) is 0 Å². The van der Waals surface area contributed by atoms with E-state index in [9.17, 15) is 4.39 Å². The van der Waals surface area contributed by atoms with Gasteiger partial charge in [0.25, 0.3) is 0 Å². The standard InChI is InChI=1S/C16H21FN2OS/c1-11-3-4-13(17)12(9-11)15(2)10-16(21-14(18)19-15)5-7-20-8-6-16/h3-4,9H,5-8,10H2,1-2H3,(H2,18,19). The van der Waals surface area contributed by atoms with Gasteiger partial charge < -0.3 is 10.5 Å². The molecule has 0 bridgehead atoms. The highest BCUT2D eigenvalue weighted by molar-refractivity contribution is 8.15. The zero-order valence-electron chi connectivity index (χ0n) is 12.5. The average Bonchev–Trinajstić information content (AvgIpc) is 2.41. The molecule has 114 valence electrons. The molecule has 1 fully saturated rings. The van der Waals surface area contributed by atoms with Crippen molar-refractivity contribution in [2.45, 2.75) is 43.4 Å². The maximum absolute atomic E-state index is 14.3. The van der Waals surface area contributed by atoms with E-state index < -0.39 is 5.54 Å². The molecule has 0 aromatic heterocycles. The number of benzene rings is 1. The fourth-order valence-corrected chi connectivity index (χ4v) is 4.84. The number of amidine groups is 1. The summed E-state index contributed by atoms with van der Waals surface area (Å²) in [6, 6.07) is 5.21. The molecule has 1 aromatic carbocycles. The van der Waals surface area contributed by atoms with Crippen molar-refractivity contribution in [3.63, 3.8) is 0 Å². The lowest BCUT2D eigenvalue weighted by Gasteiger charge is -2.45. The minimum Gasteiger partial charge on any atom is -0.381 e. The SMILES string of the molecule is Cc1ccc(F)c(C2(C)CC3(CCOCC3)SC(N)=N2)c1. The molecule has 1 aromatic rings. The van der Waals surface area contributed by atoms with Crippen LogP contribution in [-0.2, 0) is 10.3 Å². The number of hydrogen-bond donors (Lipinski definition) is 1. The highest BCUT2D eigenvalue weighted by Gasteiger charge is 2.46. The molecule has 2 aliphatic rings. The van der Waals surface area contributed by atoms with Crippen molar-refractivity contribution in [2.24, 2.45) is 10.7 Å². The largest absolute Gasteiger partial charge is 0.381 e. The molecule has 21 heavy (non-hydrogen) atoms. The molecule has 1 saturated heterocycles. The number of aliphatic imine (C=N–C) groups is 1. The Bertz CT molecular complexity index is 584. The van der Waals surface area contributed by atoms with Crippen LogP contribution in [0.4, 0.5) is 4.39 Å². The molecular weight excluding hydrogens is 287 g/mol. The molecular formula is C16H21FN2OS. The Balaban J connectivity index is 2.03. The Morgan fingerprint density at radius 1 is 1.33 bits per heavy atom. The minimum absolute atomic E-state index is 0.0228. The van der Waals surface area contributed by atoms with E-state index in [4.69, 9.17) is 10.5 Å². The van der Waals surface area contributed by atoms with Crippen molar-refractivity contribution in [3.8, 4) is 0 Å². The van der Waals surface area contributed by atoms with Gasteiger partial charge in [-0.3, -0.25) is 4.99 Å². The molecule has 0 aliphatic carbocycles. The Kier molecular flexibility index (Phi) is 3.74. The Morgan fingerprint density at radius 3 is 2.76 bits per heavy atom. The van der Waals surface area contributed by atoms with E-state index in [1.165, 1.54) is 6.07 Å². The smallest absolute Gasteiger partial charge is 0.155 e. The number of ether oxygens (including phenoxy) is 1. The fraction of sp³-hybridized carbons (Fsp3) is 0.562. The number of nitrogens with zero attached hydrogens (tertiary/aromatic N) is 1. The van der Waals surface area contributed by atoms with E-state index in [0.29, 0.717) is 10.7 Å².